The van der Waals surface area contributed by atoms with Crippen molar-refractivity contribution < 1.29 is 13.9 Å². The Kier molecular flexibility index (Phi) is 6.77. The topological polar surface area (TPSA) is 62.1 Å². The number of aryl methyl sites for hydroxylation is 1. The highest BCUT2D eigenvalue weighted by atomic mass is 18.2. The zero-order valence-electron chi connectivity index (χ0n) is 19.4. The van der Waals surface area contributed by atoms with Crippen LogP contribution in [0.25, 0.3) is 33.3 Å². The lowest BCUT2D eigenvalue weighted by Crippen LogP contribution is -2.03. The maximum atomic E-state index is 12.5. The molecule has 0 aliphatic rings. The van der Waals surface area contributed by atoms with Gasteiger partial charge >= 0.3 is 0 Å². The van der Waals surface area contributed by atoms with Crippen LogP contribution in [0.15, 0.2) is 85.3 Å². The summed E-state index contributed by atoms with van der Waals surface area (Å²) in [6, 6.07) is 21.7. The van der Waals surface area contributed by atoms with Gasteiger partial charge in [0, 0.05) is 42.2 Å². The van der Waals surface area contributed by atoms with Gasteiger partial charge in [-0.15, -0.1) is 0 Å². The molecule has 0 atom stereocenters. The van der Waals surface area contributed by atoms with Crippen LogP contribution in [0.5, 0.6) is 5.75 Å². The molecule has 0 fully saturated rings. The van der Waals surface area contributed by atoms with E-state index in [1.807, 2.05) is 84.7 Å². The van der Waals surface area contributed by atoms with Crippen molar-refractivity contribution in [1.82, 2.24) is 19.7 Å². The fraction of sp³-hybridized carbons (Fsp3) is 0.179. The van der Waals surface area contributed by atoms with Crippen LogP contribution in [0.2, 0.25) is 0 Å². The van der Waals surface area contributed by atoms with Crippen LogP contribution in [0, 0.1) is 0 Å². The number of para-hydroxylation sites is 1. The molecule has 5 rings (SSSR count). The fourth-order valence-electron chi connectivity index (χ4n) is 4.05. The monoisotopic (exact) mass is 467 g/mol. The highest BCUT2D eigenvalue weighted by Gasteiger charge is 2.13. The maximum Gasteiger partial charge on any atom is 0.130 e. The molecule has 0 amide bonds. The Morgan fingerprint density at radius 2 is 1.71 bits per heavy atom. The van der Waals surface area contributed by atoms with Crippen LogP contribution in [0.3, 0.4) is 0 Å². The molecule has 0 bridgehead atoms. The lowest BCUT2D eigenvalue weighted by Gasteiger charge is -2.11. The Morgan fingerprint density at radius 1 is 0.914 bits per heavy atom. The van der Waals surface area contributed by atoms with Crippen molar-refractivity contribution >= 4 is 10.9 Å². The maximum absolute atomic E-state index is 12.5. The molecule has 2 aromatic carbocycles. The standard InChI is InChI=1S/C28H25FN4O2/c1-33-17-26(20-10-13-30-14-11-20)28(32-33)21-6-8-24(9-7-21)35-19-23-16-22(18-34-15-12-29)25-4-2-3-5-27(25)31-23/h2-11,13-14,16-17H,12,15,18-19H2,1H3/i29-1. The van der Waals surface area contributed by atoms with Gasteiger partial charge in [0.1, 0.15) is 24.7 Å². The van der Waals surface area contributed by atoms with Gasteiger partial charge in [0.25, 0.3) is 0 Å². The predicted octanol–water partition coefficient (Wildman–Crippen LogP) is 5.76. The minimum absolute atomic E-state index is 0.0774. The summed E-state index contributed by atoms with van der Waals surface area (Å²) in [6.07, 6.45) is 5.57. The molecule has 0 unspecified atom stereocenters. The van der Waals surface area contributed by atoms with Crippen molar-refractivity contribution in [3.63, 3.8) is 0 Å². The Labute approximate surface area is 203 Å². The van der Waals surface area contributed by atoms with Crippen LogP contribution in [-0.2, 0) is 25.0 Å². The van der Waals surface area contributed by atoms with E-state index in [9.17, 15) is 4.39 Å². The molecule has 0 radical (unpaired) electrons. The van der Waals surface area contributed by atoms with Gasteiger partial charge in [0.05, 0.1) is 24.4 Å². The number of benzene rings is 2. The van der Waals surface area contributed by atoms with E-state index in [0.717, 1.165) is 50.3 Å². The minimum Gasteiger partial charge on any atom is -0.487 e. The predicted molar refractivity (Wildman–Crippen MR) is 134 cm³/mol. The summed E-state index contributed by atoms with van der Waals surface area (Å²) in [5.41, 5.74) is 6.64. The number of aromatic nitrogens is 4. The van der Waals surface area contributed by atoms with Gasteiger partial charge in [-0.2, -0.15) is 5.10 Å². The Bertz CT molecular complexity index is 1420. The summed E-state index contributed by atoms with van der Waals surface area (Å²) >= 11 is 0. The van der Waals surface area contributed by atoms with Crippen molar-refractivity contribution in [2.75, 3.05) is 13.3 Å². The molecule has 176 valence electrons. The van der Waals surface area contributed by atoms with Crippen molar-refractivity contribution in [2.45, 2.75) is 13.2 Å². The molecule has 0 saturated heterocycles. The van der Waals surface area contributed by atoms with E-state index in [0.29, 0.717) is 13.2 Å². The van der Waals surface area contributed by atoms with Crippen molar-refractivity contribution in [3.05, 3.63) is 96.6 Å². The van der Waals surface area contributed by atoms with Crippen molar-refractivity contribution in [3.8, 4) is 28.1 Å². The molecule has 3 heterocycles. The third-order valence-electron chi connectivity index (χ3n) is 5.67. The van der Waals surface area contributed by atoms with Crippen molar-refractivity contribution in [2.24, 2.45) is 7.05 Å². The van der Waals surface area contributed by atoms with Crippen LogP contribution < -0.4 is 4.74 Å². The first-order chi connectivity index (χ1) is 17.2. The quantitative estimate of drug-likeness (QED) is 0.258. The van der Waals surface area contributed by atoms with Crippen LogP contribution in [0.4, 0.5) is 4.39 Å². The normalized spacial score (nSPS) is 11.1. The SMILES string of the molecule is Cn1cc(-c2ccncc2)c(-c2ccc(OCc3cc(COCC[18F])c4ccccc4n3)cc2)n1. The van der Waals surface area contributed by atoms with E-state index in [1.54, 1.807) is 12.4 Å². The number of hydrogen-bond acceptors (Lipinski definition) is 5. The second-order valence-electron chi connectivity index (χ2n) is 8.15. The molecule has 3 aromatic heterocycles. The van der Waals surface area contributed by atoms with E-state index in [-0.39, 0.29) is 6.61 Å². The third kappa shape index (κ3) is 5.20. The van der Waals surface area contributed by atoms with E-state index < -0.39 is 6.67 Å². The number of hydrogen-bond donors (Lipinski definition) is 0. The highest BCUT2D eigenvalue weighted by molar-refractivity contribution is 5.82. The summed E-state index contributed by atoms with van der Waals surface area (Å²) in [5.74, 6) is 0.736. The number of halogens is 1. The number of ether oxygens (including phenoxy) is 2. The van der Waals surface area contributed by atoms with Gasteiger partial charge < -0.3 is 9.47 Å². The molecule has 0 spiro atoms. The smallest absolute Gasteiger partial charge is 0.130 e. The van der Waals surface area contributed by atoms with Gasteiger partial charge in [-0.05, 0) is 59.7 Å². The number of fused-ring (bicyclic) bond motifs is 1. The average molecular weight is 468 g/mol. The Hall–Kier alpha value is -4.10. The Balaban J connectivity index is 1.33. The lowest BCUT2D eigenvalue weighted by atomic mass is 10.0. The van der Waals surface area contributed by atoms with Gasteiger partial charge in [-0.1, -0.05) is 18.2 Å². The van der Waals surface area contributed by atoms with E-state index in [4.69, 9.17) is 14.5 Å². The molecular weight excluding hydrogens is 442 g/mol. The first-order valence-electron chi connectivity index (χ1n) is 11.4. The molecule has 7 heteroatoms. The molecule has 0 aliphatic carbocycles. The van der Waals surface area contributed by atoms with Gasteiger partial charge in [-0.25, -0.2) is 9.37 Å². The van der Waals surface area contributed by atoms with Crippen LogP contribution in [-0.4, -0.2) is 33.0 Å². The zero-order chi connectivity index (χ0) is 24.0. The molecule has 0 saturated carbocycles. The number of alkyl halides is 1. The first-order valence-corrected chi connectivity index (χ1v) is 11.4. The molecule has 0 N–H and O–H groups in total. The summed E-state index contributed by atoms with van der Waals surface area (Å²) < 4.78 is 25.8. The van der Waals surface area contributed by atoms with Crippen LogP contribution >= 0.6 is 0 Å². The van der Waals surface area contributed by atoms with E-state index in [1.165, 1.54) is 0 Å². The summed E-state index contributed by atoms with van der Waals surface area (Å²) in [7, 11) is 1.92. The minimum atomic E-state index is -0.502. The molecule has 5 aromatic rings. The van der Waals surface area contributed by atoms with Crippen LogP contribution in [0.1, 0.15) is 11.3 Å². The summed E-state index contributed by atoms with van der Waals surface area (Å²) in [4.78, 5) is 8.83. The average Bonchev–Trinajstić information content (AvgIpc) is 3.30. The van der Waals surface area contributed by atoms with Gasteiger partial charge in [0.2, 0.25) is 0 Å². The highest BCUT2D eigenvalue weighted by Crippen LogP contribution is 2.31. The lowest BCUT2D eigenvalue weighted by molar-refractivity contribution is 0.107. The number of pyridine rings is 2. The first kappa shape index (κ1) is 22.7. The molecule has 35 heavy (non-hydrogen) atoms. The number of nitrogens with zero attached hydrogens (tertiary/aromatic N) is 4. The van der Waals surface area contributed by atoms with Gasteiger partial charge in [0.15, 0.2) is 0 Å². The largest absolute Gasteiger partial charge is 0.487 e. The number of rotatable bonds is 9. The summed E-state index contributed by atoms with van der Waals surface area (Å²) in [6.45, 7) is 0.218. The molecule has 6 nitrogen and oxygen atoms in total. The second kappa shape index (κ2) is 10.4. The van der Waals surface area contributed by atoms with Crippen molar-refractivity contribution in [1.29, 1.82) is 0 Å². The molecular formula is C28H25FN4O2. The second-order valence-corrected chi connectivity index (χ2v) is 8.15. The Morgan fingerprint density at radius 3 is 2.51 bits per heavy atom. The zero-order valence-corrected chi connectivity index (χ0v) is 19.4. The van der Waals surface area contributed by atoms with Gasteiger partial charge in [-0.3, -0.25) is 9.67 Å². The van der Waals surface area contributed by atoms with E-state index >= 15 is 0 Å². The fourth-order valence-corrected chi connectivity index (χ4v) is 4.05. The van der Waals surface area contributed by atoms with E-state index in [2.05, 4.69) is 10.1 Å². The third-order valence-corrected chi connectivity index (χ3v) is 5.67. The summed E-state index contributed by atoms with van der Waals surface area (Å²) in [5, 5.41) is 5.66. The molecule has 0 aliphatic heterocycles.